The van der Waals surface area contributed by atoms with Crippen LogP contribution in [0.5, 0.6) is 5.88 Å². The zero-order valence-electron chi connectivity index (χ0n) is 9.77. The van der Waals surface area contributed by atoms with Crippen molar-refractivity contribution in [3.05, 3.63) is 23.9 Å². The summed E-state index contributed by atoms with van der Waals surface area (Å²) in [5, 5.41) is 3.36. The molecule has 2 rings (SSSR count). The fourth-order valence-electron chi connectivity index (χ4n) is 1.69. The van der Waals surface area contributed by atoms with E-state index in [1.165, 1.54) is 0 Å². The zero-order chi connectivity index (χ0) is 11.4. The van der Waals surface area contributed by atoms with E-state index in [2.05, 4.69) is 30.2 Å². The fourth-order valence-corrected chi connectivity index (χ4v) is 1.69. The Labute approximate surface area is 96.0 Å². The van der Waals surface area contributed by atoms with Crippen molar-refractivity contribution in [2.24, 2.45) is 0 Å². The molecule has 1 atom stereocenters. The van der Waals surface area contributed by atoms with Gasteiger partial charge in [-0.15, -0.1) is 0 Å². The fraction of sp³-hybridized carbons (Fsp3) is 0.583. The van der Waals surface area contributed by atoms with Crippen molar-refractivity contribution in [1.82, 2.24) is 10.3 Å². The third-order valence-corrected chi connectivity index (χ3v) is 2.66. The van der Waals surface area contributed by atoms with Gasteiger partial charge >= 0.3 is 0 Å². The van der Waals surface area contributed by atoms with E-state index in [1.54, 1.807) is 6.20 Å². The van der Waals surface area contributed by atoms with Gasteiger partial charge in [-0.3, -0.25) is 0 Å². The lowest BCUT2D eigenvalue weighted by atomic mass is 10.1. The maximum atomic E-state index is 5.77. The molecule has 0 radical (unpaired) electrons. The van der Waals surface area contributed by atoms with E-state index in [-0.39, 0.29) is 12.1 Å². The molecule has 1 N–H and O–H groups in total. The molecule has 4 nitrogen and oxygen atoms in total. The lowest BCUT2D eigenvalue weighted by molar-refractivity contribution is -0.0818. The standard InChI is InChI=1S/C12H18N2O2/c1-3-13-9(2)11-5-4-6-14-12(11)16-10-7-15-8-10/h4-6,9-10,13H,3,7-8H2,1-2H3. The molecular formula is C12H18N2O2. The molecule has 2 heterocycles. The summed E-state index contributed by atoms with van der Waals surface area (Å²) in [6.45, 7) is 6.48. The average Bonchev–Trinajstić information content (AvgIpc) is 2.24. The van der Waals surface area contributed by atoms with E-state index in [0.717, 1.165) is 18.0 Å². The van der Waals surface area contributed by atoms with Crippen LogP contribution in [0.1, 0.15) is 25.5 Å². The Hall–Kier alpha value is -1.13. The molecule has 1 aliphatic rings. The van der Waals surface area contributed by atoms with Crippen molar-refractivity contribution in [1.29, 1.82) is 0 Å². The van der Waals surface area contributed by atoms with Gasteiger partial charge < -0.3 is 14.8 Å². The van der Waals surface area contributed by atoms with Gasteiger partial charge in [-0.05, 0) is 19.5 Å². The summed E-state index contributed by atoms with van der Waals surface area (Å²) in [4.78, 5) is 4.29. The molecule has 1 saturated heterocycles. The Balaban J connectivity index is 2.09. The van der Waals surface area contributed by atoms with Crippen molar-refractivity contribution in [2.75, 3.05) is 19.8 Å². The predicted octanol–water partition coefficient (Wildman–Crippen LogP) is 1.53. The Kier molecular flexibility index (Phi) is 3.74. The molecule has 0 amide bonds. The molecular weight excluding hydrogens is 204 g/mol. The van der Waals surface area contributed by atoms with E-state index in [0.29, 0.717) is 13.2 Å². The summed E-state index contributed by atoms with van der Waals surface area (Å²) in [6, 6.07) is 4.25. The first-order valence-electron chi connectivity index (χ1n) is 5.74. The monoisotopic (exact) mass is 222 g/mol. The van der Waals surface area contributed by atoms with Gasteiger partial charge in [0, 0.05) is 17.8 Å². The van der Waals surface area contributed by atoms with Crippen molar-refractivity contribution < 1.29 is 9.47 Å². The highest BCUT2D eigenvalue weighted by Crippen LogP contribution is 2.24. The van der Waals surface area contributed by atoms with Crippen LogP contribution in [0.25, 0.3) is 0 Å². The third-order valence-electron chi connectivity index (χ3n) is 2.66. The molecule has 1 aromatic heterocycles. The number of nitrogens with zero attached hydrogens (tertiary/aromatic N) is 1. The van der Waals surface area contributed by atoms with E-state index in [9.17, 15) is 0 Å². The van der Waals surface area contributed by atoms with Gasteiger partial charge in [0.2, 0.25) is 5.88 Å². The lowest BCUT2D eigenvalue weighted by Crippen LogP contribution is -2.39. The molecule has 1 fully saturated rings. The molecule has 0 bridgehead atoms. The van der Waals surface area contributed by atoms with Crippen molar-refractivity contribution in [2.45, 2.75) is 26.0 Å². The highest BCUT2D eigenvalue weighted by atomic mass is 16.6. The first-order chi connectivity index (χ1) is 7.81. The number of nitrogens with one attached hydrogen (secondary N) is 1. The normalized spacial score (nSPS) is 17.9. The third kappa shape index (κ3) is 2.51. The van der Waals surface area contributed by atoms with Crippen LogP contribution in [-0.2, 0) is 4.74 Å². The number of hydrogen-bond acceptors (Lipinski definition) is 4. The van der Waals surface area contributed by atoms with E-state index in [4.69, 9.17) is 9.47 Å². The number of hydrogen-bond donors (Lipinski definition) is 1. The molecule has 16 heavy (non-hydrogen) atoms. The van der Waals surface area contributed by atoms with Crippen LogP contribution in [0, 0.1) is 0 Å². The predicted molar refractivity (Wildman–Crippen MR) is 61.6 cm³/mol. The Morgan fingerprint density at radius 3 is 3.06 bits per heavy atom. The van der Waals surface area contributed by atoms with Crippen LogP contribution in [0.3, 0.4) is 0 Å². The number of pyridine rings is 1. The Morgan fingerprint density at radius 1 is 1.62 bits per heavy atom. The summed E-state index contributed by atoms with van der Waals surface area (Å²) in [6.07, 6.45) is 1.93. The smallest absolute Gasteiger partial charge is 0.218 e. The van der Waals surface area contributed by atoms with Gasteiger partial charge in [0.05, 0.1) is 13.2 Å². The quantitative estimate of drug-likeness (QED) is 0.820. The second-order valence-electron chi connectivity index (χ2n) is 3.95. The highest BCUT2D eigenvalue weighted by molar-refractivity contribution is 5.28. The van der Waals surface area contributed by atoms with E-state index < -0.39 is 0 Å². The summed E-state index contributed by atoms with van der Waals surface area (Å²) < 4.78 is 10.9. The van der Waals surface area contributed by atoms with Gasteiger partial charge in [0.25, 0.3) is 0 Å². The minimum Gasteiger partial charge on any atom is -0.469 e. The molecule has 0 spiro atoms. The summed E-state index contributed by atoms with van der Waals surface area (Å²) in [5.41, 5.74) is 1.11. The molecule has 1 aliphatic heterocycles. The van der Waals surface area contributed by atoms with Gasteiger partial charge in [-0.25, -0.2) is 4.98 Å². The second kappa shape index (κ2) is 5.27. The number of aromatic nitrogens is 1. The van der Waals surface area contributed by atoms with Gasteiger partial charge in [-0.2, -0.15) is 0 Å². The molecule has 0 saturated carbocycles. The number of ether oxygens (including phenoxy) is 2. The van der Waals surface area contributed by atoms with Crippen LogP contribution in [0.15, 0.2) is 18.3 Å². The Bertz CT molecular complexity index is 340. The minimum atomic E-state index is 0.169. The van der Waals surface area contributed by atoms with Crippen molar-refractivity contribution in [3.8, 4) is 5.88 Å². The van der Waals surface area contributed by atoms with E-state index in [1.807, 2.05) is 6.07 Å². The molecule has 0 aliphatic carbocycles. The summed E-state index contributed by atoms with van der Waals surface area (Å²) >= 11 is 0. The maximum absolute atomic E-state index is 5.77. The zero-order valence-corrected chi connectivity index (χ0v) is 9.77. The number of rotatable bonds is 5. The van der Waals surface area contributed by atoms with Crippen molar-refractivity contribution >= 4 is 0 Å². The second-order valence-corrected chi connectivity index (χ2v) is 3.95. The van der Waals surface area contributed by atoms with Gasteiger partial charge in [0.1, 0.15) is 6.10 Å². The van der Waals surface area contributed by atoms with Crippen LogP contribution < -0.4 is 10.1 Å². The van der Waals surface area contributed by atoms with E-state index >= 15 is 0 Å². The SMILES string of the molecule is CCNC(C)c1cccnc1OC1COC1. The average molecular weight is 222 g/mol. The summed E-state index contributed by atoms with van der Waals surface area (Å²) in [7, 11) is 0. The highest BCUT2D eigenvalue weighted by Gasteiger charge is 2.22. The van der Waals surface area contributed by atoms with Crippen LogP contribution in [0.2, 0.25) is 0 Å². The topological polar surface area (TPSA) is 43.4 Å². The van der Waals surface area contributed by atoms with Crippen LogP contribution in [-0.4, -0.2) is 30.8 Å². The molecule has 1 aromatic rings. The minimum absolute atomic E-state index is 0.169. The first-order valence-corrected chi connectivity index (χ1v) is 5.74. The first kappa shape index (κ1) is 11.4. The largest absolute Gasteiger partial charge is 0.469 e. The van der Waals surface area contributed by atoms with Crippen LogP contribution in [0.4, 0.5) is 0 Å². The lowest BCUT2D eigenvalue weighted by Gasteiger charge is -2.27. The summed E-state index contributed by atoms with van der Waals surface area (Å²) in [5.74, 6) is 0.726. The maximum Gasteiger partial charge on any atom is 0.218 e. The molecule has 88 valence electrons. The molecule has 4 heteroatoms. The van der Waals surface area contributed by atoms with Gasteiger partial charge in [0.15, 0.2) is 0 Å². The van der Waals surface area contributed by atoms with Crippen molar-refractivity contribution in [3.63, 3.8) is 0 Å². The van der Waals surface area contributed by atoms with Crippen LogP contribution >= 0.6 is 0 Å². The molecule has 1 unspecified atom stereocenters. The molecule has 0 aromatic carbocycles. The van der Waals surface area contributed by atoms with Gasteiger partial charge in [-0.1, -0.05) is 13.0 Å². The Morgan fingerprint density at radius 2 is 2.44 bits per heavy atom.